The standard InChI is InChI=1S/C21H24FN3O2/c1-14-19-15(2)23(13-16-7-9-17(22)10-8-16)11-12-24(19)21(27)25(20(14)26)18-5-3-4-6-18/h7-10,18H,2-6,11-13H2,1H3. The first-order chi connectivity index (χ1) is 13.0. The number of nitrogens with zero attached hydrogens (tertiary/aromatic N) is 3. The lowest BCUT2D eigenvalue weighted by molar-refractivity contribution is 0.326. The lowest BCUT2D eigenvalue weighted by atomic mass is 10.1. The molecule has 6 heteroatoms. The van der Waals surface area contributed by atoms with E-state index < -0.39 is 0 Å². The van der Waals surface area contributed by atoms with Crippen LogP contribution in [0.1, 0.15) is 48.5 Å². The van der Waals surface area contributed by atoms with Gasteiger partial charge in [-0.15, -0.1) is 0 Å². The molecule has 5 nitrogen and oxygen atoms in total. The number of aromatic nitrogens is 2. The van der Waals surface area contributed by atoms with E-state index in [1.54, 1.807) is 23.6 Å². The fraction of sp³-hybridized carbons (Fsp3) is 0.429. The summed E-state index contributed by atoms with van der Waals surface area (Å²) in [5, 5.41) is 0. The number of fused-ring (bicyclic) bond motifs is 1. The fourth-order valence-electron chi connectivity index (χ4n) is 4.35. The number of halogens is 1. The molecule has 1 saturated carbocycles. The molecule has 27 heavy (non-hydrogen) atoms. The van der Waals surface area contributed by atoms with Crippen LogP contribution in [0.15, 0.2) is 40.4 Å². The minimum absolute atomic E-state index is 0.0204. The Morgan fingerprint density at radius 1 is 1.11 bits per heavy atom. The highest BCUT2D eigenvalue weighted by molar-refractivity contribution is 5.62. The van der Waals surface area contributed by atoms with E-state index in [4.69, 9.17) is 0 Å². The molecule has 2 aromatic rings. The molecule has 0 saturated heterocycles. The highest BCUT2D eigenvalue weighted by Gasteiger charge is 2.29. The lowest BCUT2D eigenvalue weighted by Gasteiger charge is -2.35. The quantitative estimate of drug-likeness (QED) is 0.835. The third kappa shape index (κ3) is 3.03. The summed E-state index contributed by atoms with van der Waals surface area (Å²) in [6.07, 6.45) is 3.92. The van der Waals surface area contributed by atoms with Crippen LogP contribution < -0.4 is 11.2 Å². The Balaban J connectivity index is 1.71. The zero-order chi connectivity index (χ0) is 19.1. The van der Waals surface area contributed by atoms with Crippen molar-refractivity contribution in [1.29, 1.82) is 0 Å². The Hall–Kier alpha value is -2.63. The summed E-state index contributed by atoms with van der Waals surface area (Å²) in [4.78, 5) is 28.0. The summed E-state index contributed by atoms with van der Waals surface area (Å²) in [6.45, 7) is 7.66. The van der Waals surface area contributed by atoms with Crippen molar-refractivity contribution in [3.05, 3.63) is 74.3 Å². The Morgan fingerprint density at radius 3 is 2.44 bits per heavy atom. The molecule has 4 rings (SSSR count). The van der Waals surface area contributed by atoms with Gasteiger partial charge in [-0.2, -0.15) is 0 Å². The van der Waals surface area contributed by atoms with E-state index in [0.717, 1.165) is 31.2 Å². The van der Waals surface area contributed by atoms with Crippen molar-refractivity contribution >= 4 is 5.70 Å². The van der Waals surface area contributed by atoms with Gasteiger partial charge in [0.25, 0.3) is 5.56 Å². The van der Waals surface area contributed by atoms with E-state index in [-0.39, 0.29) is 23.1 Å². The fourth-order valence-corrected chi connectivity index (χ4v) is 4.35. The Labute approximate surface area is 157 Å². The van der Waals surface area contributed by atoms with Gasteiger partial charge in [0.1, 0.15) is 5.82 Å². The summed E-state index contributed by atoms with van der Waals surface area (Å²) >= 11 is 0. The molecule has 0 amide bonds. The molecule has 0 atom stereocenters. The third-order valence-corrected chi connectivity index (χ3v) is 5.83. The highest BCUT2D eigenvalue weighted by Crippen LogP contribution is 2.29. The normalized spacial score (nSPS) is 17.4. The molecular formula is C21H24FN3O2. The number of hydrogen-bond acceptors (Lipinski definition) is 3. The van der Waals surface area contributed by atoms with Crippen molar-refractivity contribution in [2.75, 3.05) is 6.54 Å². The van der Waals surface area contributed by atoms with Crippen LogP contribution in [-0.2, 0) is 13.1 Å². The summed E-state index contributed by atoms with van der Waals surface area (Å²) in [7, 11) is 0. The zero-order valence-corrected chi connectivity index (χ0v) is 15.6. The molecule has 1 fully saturated rings. The second-order valence-electron chi connectivity index (χ2n) is 7.52. The molecule has 1 aromatic carbocycles. The second kappa shape index (κ2) is 6.83. The zero-order valence-electron chi connectivity index (χ0n) is 15.6. The van der Waals surface area contributed by atoms with Crippen LogP contribution in [0.3, 0.4) is 0 Å². The number of hydrogen-bond donors (Lipinski definition) is 0. The molecule has 2 aliphatic rings. The molecule has 2 heterocycles. The van der Waals surface area contributed by atoms with E-state index in [1.807, 2.05) is 4.90 Å². The van der Waals surface area contributed by atoms with Crippen LogP contribution in [0.25, 0.3) is 5.70 Å². The van der Waals surface area contributed by atoms with Crippen LogP contribution in [-0.4, -0.2) is 20.6 Å². The maximum absolute atomic E-state index is 13.1. The molecule has 1 aliphatic heterocycles. The van der Waals surface area contributed by atoms with E-state index in [9.17, 15) is 14.0 Å². The monoisotopic (exact) mass is 369 g/mol. The largest absolute Gasteiger partial charge is 0.364 e. The van der Waals surface area contributed by atoms with Gasteiger partial charge in [0.2, 0.25) is 0 Å². The van der Waals surface area contributed by atoms with Crippen LogP contribution in [0.4, 0.5) is 4.39 Å². The van der Waals surface area contributed by atoms with Gasteiger partial charge in [-0.3, -0.25) is 13.9 Å². The molecule has 0 spiro atoms. The molecule has 1 aliphatic carbocycles. The first-order valence-corrected chi connectivity index (χ1v) is 9.52. The predicted octanol–water partition coefficient (Wildman–Crippen LogP) is 3.06. The first-order valence-electron chi connectivity index (χ1n) is 9.52. The lowest BCUT2D eigenvalue weighted by Crippen LogP contribution is -2.48. The van der Waals surface area contributed by atoms with Crippen LogP contribution >= 0.6 is 0 Å². The number of rotatable bonds is 3. The highest BCUT2D eigenvalue weighted by atomic mass is 19.1. The molecule has 142 valence electrons. The summed E-state index contributed by atoms with van der Waals surface area (Å²) in [5.74, 6) is -0.267. The van der Waals surface area contributed by atoms with Gasteiger partial charge in [-0.25, -0.2) is 9.18 Å². The van der Waals surface area contributed by atoms with E-state index in [2.05, 4.69) is 6.58 Å². The average molecular weight is 369 g/mol. The van der Waals surface area contributed by atoms with Crippen molar-refractivity contribution in [3.8, 4) is 0 Å². The van der Waals surface area contributed by atoms with Gasteiger partial charge in [0, 0.05) is 31.2 Å². The summed E-state index contributed by atoms with van der Waals surface area (Å²) < 4.78 is 16.3. The van der Waals surface area contributed by atoms with E-state index in [0.29, 0.717) is 36.6 Å². The first kappa shape index (κ1) is 17.8. The van der Waals surface area contributed by atoms with Crippen molar-refractivity contribution in [3.63, 3.8) is 0 Å². The van der Waals surface area contributed by atoms with Gasteiger partial charge in [0.15, 0.2) is 0 Å². The van der Waals surface area contributed by atoms with Crippen molar-refractivity contribution in [2.24, 2.45) is 0 Å². The van der Waals surface area contributed by atoms with Gasteiger partial charge in [-0.1, -0.05) is 31.6 Å². The maximum atomic E-state index is 13.1. The van der Waals surface area contributed by atoms with Crippen molar-refractivity contribution in [2.45, 2.75) is 51.7 Å². The Kier molecular flexibility index (Phi) is 4.50. The molecular weight excluding hydrogens is 345 g/mol. The topological polar surface area (TPSA) is 47.2 Å². The summed E-state index contributed by atoms with van der Waals surface area (Å²) in [6, 6.07) is 6.38. The predicted molar refractivity (Wildman–Crippen MR) is 103 cm³/mol. The molecule has 1 aromatic heterocycles. The molecule has 0 unspecified atom stereocenters. The third-order valence-electron chi connectivity index (χ3n) is 5.83. The molecule has 0 bridgehead atoms. The van der Waals surface area contributed by atoms with Gasteiger partial charge in [0.05, 0.1) is 11.4 Å². The maximum Gasteiger partial charge on any atom is 0.331 e. The molecule has 0 N–H and O–H groups in total. The Bertz CT molecular complexity index is 998. The van der Waals surface area contributed by atoms with Gasteiger partial charge < -0.3 is 4.90 Å². The average Bonchev–Trinajstić information content (AvgIpc) is 3.17. The summed E-state index contributed by atoms with van der Waals surface area (Å²) in [5.41, 5.74) is 2.45. The van der Waals surface area contributed by atoms with E-state index >= 15 is 0 Å². The minimum Gasteiger partial charge on any atom is -0.364 e. The van der Waals surface area contributed by atoms with Crippen LogP contribution in [0, 0.1) is 12.7 Å². The minimum atomic E-state index is -0.267. The van der Waals surface area contributed by atoms with Crippen LogP contribution in [0.2, 0.25) is 0 Å². The molecule has 0 radical (unpaired) electrons. The number of benzene rings is 1. The van der Waals surface area contributed by atoms with Gasteiger partial charge in [-0.05, 0) is 37.5 Å². The Morgan fingerprint density at radius 2 is 1.78 bits per heavy atom. The van der Waals surface area contributed by atoms with Gasteiger partial charge >= 0.3 is 5.69 Å². The van der Waals surface area contributed by atoms with Crippen LogP contribution in [0.5, 0.6) is 0 Å². The van der Waals surface area contributed by atoms with Crippen molar-refractivity contribution < 1.29 is 4.39 Å². The van der Waals surface area contributed by atoms with Crippen molar-refractivity contribution in [1.82, 2.24) is 14.0 Å². The smallest absolute Gasteiger partial charge is 0.331 e. The van der Waals surface area contributed by atoms with E-state index in [1.165, 1.54) is 16.7 Å². The second-order valence-corrected chi connectivity index (χ2v) is 7.52. The SMILES string of the molecule is C=C1c2c(C)c(=O)n(C3CCCC3)c(=O)n2CCN1Cc1ccc(F)cc1.